The second kappa shape index (κ2) is 3.96. The van der Waals surface area contributed by atoms with Gasteiger partial charge in [-0.05, 0) is 36.8 Å². The zero-order chi connectivity index (χ0) is 10.1. The molecule has 0 atom stereocenters. The van der Waals surface area contributed by atoms with Crippen LogP contribution in [0.15, 0.2) is 28.1 Å². The fraction of sp³-hybridized carbons (Fsp3) is 0.100. The highest BCUT2D eigenvalue weighted by atomic mass is 79.9. The number of halogens is 1. The van der Waals surface area contributed by atoms with E-state index in [1.54, 1.807) is 11.3 Å². The van der Waals surface area contributed by atoms with E-state index in [1.807, 2.05) is 6.07 Å². The lowest BCUT2D eigenvalue weighted by Crippen LogP contribution is -1.82. The number of thiazole rings is 1. The van der Waals surface area contributed by atoms with Crippen LogP contribution < -0.4 is 0 Å². The van der Waals surface area contributed by atoms with Gasteiger partial charge in [0.05, 0.1) is 5.69 Å². The second-order valence-electron chi connectivity index (χ2n) is 3.02. The summed E-state index contributed by atoms with van der Waals surface area (Å²) >= 11 is 10.1. The van der Waals surface area contributed by atoms with Crippen molar-refractivity contribution < 1.29 is 0 Å². The van der Waals surface area contributed by atoms with Crippen molar-refractivity contribution in [2.75, 3.05) is 0 Å². The van der Waals surface area contributed by atoms with Crippen LogP contribution in [0, 0.1) is 10.9 Å². The van der Waals surface area contributed by atoms with Gasteiger partial charge in [0.1, 0.15) is 0 Å². The largest absolute Gasteiger partial charge is 0.337 e. The molecular weight excluding hydrogens is 278 g/mol. The Labute approximate surface area is 99.9 Å². The van der Waals surface area contributed by atoms with Crippen molar-refractivity contribution in [2.24, 2.45) is 0 Å². The van der Waals surface area contributed by atoms with Crippen LogP contribution in [-0.2, 0) is 0 Å². The fourth-order valence-corrected chi connectivity index (χ4v) is 2.49. The quantitative estimate of drug-likeness (QED) is 0.761. The highest BCUT2D eigenvalue weighted by molar-refractivity contribution is 9.10. The molecule has 4 heteroatoms. The Hall–Kier alpha value is -0.450. The number of nitrogens with one attached hydrogen (secondary N) is 1. The van der Waals surface area contributed by atoms with Crippen molar-refractivity contribution in [3.05, 3.63) is 37.6 Å². The first kappa shape index (κ1) is 10.1. The Morgan fingerprint density at radius 1 is 1.43 bits per heavy atom. The number of benzene rings is 1. The number of H-pyrrole nitrogens is 1. The number of hydrogen-bond donors (Lipinski definition) is 1. The van der Waals surface area contributed by atoms with Gasteiger partial charge in [-0.25, -0.2) is 0 Å². The van der Waals surface area contributed by atoms with Gasteiger partial charge >= 0.3 is 0 Å². The smallest absolute Gasteiger partial charge is 0.158 e. The van der Waals surface area contributed by atoms with Gasteiger partial charge in [-0.2, -0.15) is 0 Å². The minimum absolute atomic E-state index is 0.819. The number of aromatic amines is 1. The Morgan fingerprint density at radius 2 is 2.21 bits per heavy atom. The van der Waals surface area contributed by atoms with Crippen LogP contribution in [0.5, 0.6) is 0 Å². The molecule has 0 fully saturated rings. The third-order valence-corrected chi connectivity index (χ3v) is 3.56. The molecule has 2 rings (SSSR count). The zero-order valence-electron chi connectivity index (χ0n) is 7.50. The Bertz CT molecular complexity index is 513. The summed E-state index contributed by atoms with van der Waals surface area (Å²) in [7, 11) is 0. The van der Waals surface area contributed by atoms with Crippen molar-refractivity contribution in [3.63, 3.8) is 0 Å². The van der Waals surface area contributed by atoms with Crippen LogP contribution >= 0.6 is 39.5 Å². The van der Waals surface area contributed by atoms with E-state index in [-0.39, 0.29) is 0 Å². The van der Waals surface area contributed by atoms with Crippen molar-refractivity contribution >= 4 is 39.5 Å². The van der Waals surface area contributed by atoms with Gasteiger partial charge in [-0.3, -0.25) is 0 Å². The van der Waals surface area contributed by atoms with Gasteiger partial charge in [-0.15, -0.1) is 11.3 Å². The third kappa shape index (κ3) is 1.97. The average Bonchev–Trinajstić information content (AvgIpc) is 2.56. The number of rotatable bonds is 1. The van der Waals surface area contributed by atoms with Crippen LogP contribution in [0.3, 0.4) is 0 Å². The van der Waals surface area contributed by atoms with Crippen molar-refractivity contribution in [2.45, 2.75) is 6.92 Å². The minimum Gasteiger partial charge on any atom is -0.337 e. The van der Waals surface area contributed by atoms with E-state index < -0.39 is 0 Å². The molecule has 0 bridgehead atoms. The van der Waals surface area contributed by atoms with Crippen LogP contribution in [0.2, 0.25) is 0 Å². The Morgan fingerprint density at radius 3 is 2.86 bits per heavy atom. The van der Waals surface area contributed by atoms with Crippen LogP contribution in [0.25, 0.3) is 11.3 Å². The third-order valence-electron chi connectivity index (χ3n) is 2.01. The predicted molar refractivity (Wildman–Crippen MR) is 67.4 cm³/mol. The molecule has 0 saturated carbocycles. The molecule has 0 aliphatic heterocycles. The molecule has 1 N–H and O–H groups in total. The van der Waals surface area contributed by atoms with Crippen LogP contribution in [0.1, 0.15) is 5.56 Å². The summed E-state index contributed by atoms with van der Waals surface area (Å²) in [5, 5.41) is 2.05. The lowest BCUT2D eigenvalue weighted by molar-refractivity contribution is 1.35. The molecule has 0 unspecified atom stereocenters. The monoisotopic (exact) mass is 285 g/mol. The van der Waals surface area contributed by atoms with Crippen LogP contribution in [0.4, 0.5) is 0 Å². The maximum atomic E-state index is 5.06. The maximum Gasteiger partial charge on any atom is 0.158 e. The zero-order valence-corrected chi connectivity index (χ0v) is 10.7. The molecule has 0 saturated heterocycles. The molecule has 0 spiro atoms. The SMILES string of the molecule is Cc1ccc(Br)cc1-c1csc(=S)[nH]1. The molecule has 0 aliphatic carbocycles. The van der Waals surface area contributed by atoms with E-state index in [0.29, 0.717) is 0 Å². The standard InChI is InChI=1S/C10H8BrNS2/c1-6-2-3-7(11)4-8(6)9-5-14-10(13)12-9/h2-5H,1H3,(H,12,13). The van der Waals surface area contributed by atoms with Gasteiger partial charge < -0.3 is 4.98 Å². The van der Waals surface area contributed by atoms with E-state index in [1.165, 1.54) is 11.1 Å². The van der Waals surface area contributed by atoms with Gasteiger partial charge in [0.2, 0.25) is 0 Å². The number of aromatic nitrogens is 1. The summed E-state index contributed by atoms with van der Waals surface area (Å²) in [6.07, 6.45) is 0. The number of aryl methyl sites for hydroxylation is 1. The highest BCUT2D eigenvalue weighted by Crippen LogP contribution is 2.26. The van der Waals surface area contributed by atoms with E-state index in [9.17, 15) is 0 Å². The van der Waals surface area contributed by atoms with Crippen molar-refractivity contribution in [1.29, 1.82) is 0 Å². The molecule has 0 aliphatic rings. The first-order valence-electron chi connectivity index (χ1n) is 4.11. The second-order valence-corrected chi connectivity index (χ2v) is 5.48. The molecule has 14 heavy (non-hydrogen) atoms. The van der Waals surface area contributed by atoms with Crippen molar-refractivity contribution in [1.82, 2.24) is 4.98 Å². The normalized spacial score (nSPS) is 10.4. The van der Waals surface area contributed by atoms with Crippen molar-refractivity contribution in [3.8, 4) is 11.3 Å². The number of hydrogen-bond acceptors (Lipinski definition) is 2. The molecule has 72 valence electrons. The Kier molecular flexibility index (Phi) is 2.85. The summed E-state index contributed by atoms with van der Waals surface area (Å²) in [6, 6.07) is 6.23. The van der Waals surface area contributed by atoms with E-state index in [2.05, 4.69) is 45.4 Å². The molecule has 1 heterocycles. The molecule has 0 radical (unpaired) electrons. The predicted octanol–water partition coefficient (Wildman–Crippen LogP) is 4.54. The summed E-state index contributed by atoms with van der Waals surface area (Å²) in [5.74, 6) is 0. The molecule has 1 aromatic heterocycles. The summed E-state index contributed by atoms with van der Waals surface area (Å²) < 4.78 is 1.91. The van der Waals surface area contributed by atoms with Gasteiger partial charge in [-0.1, -0.05) is 22.0 Å². The van der Waals surface area contributed by atoms with Gasteiger partial charge in [0.15, 0.2) is 3.95 Å². The van der Waals surface area contributed by atoms with E-state index in [0.717, 1.165) is 14.1 Å². The first-order chi connectivity index (χ1) is 6.66. The van der Waals surface area contributed by atoms with Gasteiger partial charge in [0, 0.05) is 15.4 Å². The summed E-state index contributed by atoms with van der Waals surface area (Å²) in [5.41, 5.74) is 3.54. The fourth-order valence-electron chi connectivity index (χ4n) is 1.30. The van der Waals surface area contributed by atoms with E-state index in [4.69, 9.17) is 12.2 Å². The van der Waals surface area contributed by atoms with Gasteiger partial charge in [0.25, 0.3) is 0 Å². The topological polar surface area (TPSA) is 15.8 Å². The lowest BCUT2D eigenvalue weighted by atomic mass is 10.1. The lowest BCUT2D eigenvalue weighted by Gasteiger charge is -2.03. The van der Waals surface area contributed by atoms with E-state index >= 15 is 0 Å². The summed E-state index contributed by atoms with van der Waals surface area (Å²) in [6.45, 7) is 2.09. The molecule has 1 aromatic carbocycles. The molecule has 1 nitrogen and oxygen atoms in total. The first-order valence-corrected chi connectivity index (χ1v) is 6.19. The minimum atomic E-state index is 0.819. The molecule has 0 amide bonds. The molecular formula is C10H8BrNS2. The highest BCUT2D eigenvalue weighted by Gasteiger charge is 2.03. The Balaban J connectivity index is 2.61. The molecule has 2 aromatic rings. The summed E-state index contributed by atoms with van der Waals surface area (Å²) in [4.78, 5) is 3.17. The average molecular weight is 286 g/mol. The van der Waals surface area contributed by atoms with Crippen LogP contribution in [-0.4, -0.2) is 4.98 Å². The maximum absolute atomic E-state index is 5.06.